The van der Waals surface area contributed by atoms with Crippen LogP contribution in [0.15, 0.2) is 78.9 Å². The van der Waals surface area contributed by atoms with E-state index in [0.29, 0.717) is 23.1 Å². The van der Waals surface area contributed by atoms with Crippen molar-refractivity contribution >= 4 is 34.8 Å². The Morgan fingerprint density at radius 3 is 2.22 bits per heavy atom. The molecule has 32 heavy (non-hydrogen) atoms. The van der Waals surface area contributed by atoms with Gasteiger partial charge in [0.15, 0.2) is 6.10 Å². The Morgan fingerprint density at radius 1 is 0.875 bits per heavy atom. The zero-order valence-corrected chi connectivity index (χ0v) is 18.1. The van der Waals surface area contributed by atoms with Crippen LogP contribution < -0.4 is 14.7 Å². The maximum absolute atomic E-state index is 13.6. The molecule has 3 aromatic carbocycles. The van der Waals surface area contributed by atoms with Crippen LogP contribution in [0, 0.1) is 5.92 Å². The molecule has 0 aromatic heterocycles. The van der Waals surface area contributed by atoms with E-state index in [1.54, 1.807) is 41.5 Å². The number of anilines is 2. The van der Waals surface area contributed by atoms with Gasteiger partial charge in [0.2, 0.25) is 5.91 Å². The molecule has 3 aromatic rings. The molecule has 2 amide bonds. The van der Waals surface area contributed by atoms with Gasteiger partial charge in [-0.25, -0.2) is 9.96 Å². The first-order valence-electron chi connectivity index (χ1n) is 10.5. The van der Waals surface area contributed by atoms with Crippen LogP contribution in [0.4, 0.5) is 11.4 Å². The van der Waals surface area contributed by atoms with Gasteiger partial charge in [0.25, 0.3) is 5.91 Å². The first kappa shape index (κ1) is 20.5. The van der Waals surface area contributed by atoms with Crippen molar-refractivity contribution < 1.29 is 19.2 Å². The summed E-state index contributed by atoms with van der Waals surface area (Å²) in [5, 5.41) is 2.27. The molecule has 2 aliphatic heterocycles. The van der Waals surface area contributed by atoms with E-state index in [1.165, 1.54) is 4.90 Å². The number of carbonyl (C=O) groups excluding carboxylic acids is 2. The van der Waals surface area contributed by atoms with E-state index in [-0.39, 0.29) is 11.8 Å². The molecule has 3 atom stereocenters. The van der Waals surface area contributed by atoms with Gasteiger partial charge in [0, 0.05) is 5.02 Å². The van der Waals surface area contributed by atoms with Crippen LogP contribution >= 0.6 is 11.6 Å². The molecule has 0 bridgehead atoms. The summed E-state index contributed by atoms with van der Waals surface area (Å²) in [6.45, 7) is 2.44. The Labute approximate surface area is 190 Å². The zero-order valence-electron chi connectivity index (χ0n) is 17.4. The fraction of sp³-hybridized carbons (Fsp3) is 0.200. The molecule has 0 unspecified atom stereocenters. The van der Waals surface area contributed by atoms with Crippen LogP contribution in [0.1, 0.15) is 18.5 Å². The molecule has 6 nitrogen and oxygen atoms in total. The van der Waals surface area contributed by atoms with Gasteiger partial charge >= 0.3 is 0 Å². The van der Waals surface area contributed by atoms with Gasteiger partial charge in [-0.1, -0.05) is 41.9 Å². The first-order chi connectivity index (χ1) is 15.6. The fourth-order valence-electron chi connectivity index (χ4n) is 4.32. The van der Waals surface area contributed by atoms with Gasteiger partial charge in [0.1, 0.15) is 11.7 Å². The third kappa shape index (κ3) is 3.42. The van der Waals surface area contributed by atoms with E-state index >= 15 is 0 Å². The van der Waals surface area contributed by atoms with Crippen molar-refractivity contribution in [3.63, 3.8) is 0 Å². The highest BCUT2D eigenvalue weighted by molar-refractivity contribution is 6.30. The summed E-state index contributed by atoms with van der Waals surface area (Å²) >= 11 is 6.09. The number of halogens is 1. The molecule has 7 heteroatoms. The second-order valence-electron chi connectivity index (χ2n) is 7.65. The third-order valence-corrected chi connectivity index (χ3v) is 6.00. The molecule has 0 aliphatic carbocycles. The van der Waals surface area contributed by atoms with Crippen LogP contribution in [-0.2, 0) is 14.4 Å². The quantitative estimate of drug-likeness (QED) is 0.525. The second-order valence-corrected chi connectivity index (χ2v) is 8.08. The molecule has 0 saturated carbocycles. The lowest BCUT2D eigenvalue weighted by Crippen LogP contribution is -2.37. The number of hydrogen-bond acceptors (Lipinski definition) is 5. The smallest absolute Gasteiger partial charge is 0.266 e. The highest BCUT2D eigenvalue weighted by Gasteiger charge is 2.60. The van der Waals surface area contributed by atoms with Gasteiger partial charge in [-0.3, -0.25) is 14.4 Å². The summed E-state index contributed by atoms with van der Waals surface area (Å²) in [4.78, 5) is 34.2. The lowest BCUT2D eigenvalue weighted by atomic mass is 9.90. The summed E-state index contributed by atoms with van der Waals surface area (Å²) < 4.78 is 5.47. The molecule has 2 aliphatic rings. The topological polar surface area (TPSA) is 59.1 Å². The van der Waals surface area contributed by atoms with Crippen LogP contribution in [0.5, 0.6) is 5.75 Å². The monoisotopic (exact) mass is 448 g/mol. The molecule has 162 valence electrons. The predicted octanol–water partition coefficient (Wildman–Crippen LogP) is 4.79. The summed E-state index contributed by atoms with van der Waals surface area (Å²) in [5.74, 6) is -0.666. The average molecular weight is 449 g/mol. The number of hydroxylamine groups is 1. The lowest BCUT2D eigenvalue weighted by molar-refractivity contribution is -0.126. The number of ether oxygens (including phenoxy) is 1. The molecular formula is C25H21ClN2O4. The number of hydrogen-bond donors (Lipinski definition) is 0. The van der Waals surface area contributed by atoms with Gasteiger partial charge in [-0.15, -0.1) is 0 Å². The summed E-state index contributed by atoms with van der Waals surface area (Å²) in [5.41, 5.74) is 2.12. The Bertz CT molecular complexity index is 1130. The molecule has 0 spiro atoms. The first-order valence-corrected chi connectivity index (χ1v) is 10.8. The van der Waals surface area contributed by atoms with E-state index in [4.69, 9.17) is 21.2 Å². The van der Waals surface area contributed by atoms with Crippen molar-refractivity contribution in [1.82, 2.24) is 0 Å². The largest absolute Gasteiger partial charge is 0.494 e. The highest BCUT2D eigenvalue weighted by atomic mass is 35.5. The Hall–Kier alpha value is -3.35. The van der Waals surface area contributed by atoms with Crippen LogP contribution in [-0.4, -0.2) is 24.5 Å². The maximum Gasteiger partial charge on any atom is 0.266 e. The molecule has 2 heterocycles. The molecule has 2 fully saturated rings. The van der Waals surface area contributed by atoms with Gasteiger partial charge in [-0.05, 0) is 61.0 Å². The molecule has 2 saturated heterocycles. The van der Waals surface area contributed by atoms with Gasteiger partial charge in [0.05, 0.1) is 24.0 Å². The van der Waals surface area contributed by atoms with E-state index < -0.39 is 18.1 Å². The number of amides is 2. The Balaban J connectivity index is 1.53. The van der Waals surface area contributed by atoms with Gasteiger partial charge in [-0.2, -0.15) is 0 Å². The average Bonchev–Trinajstić information content (AvgIpc) is 3.32. The lowest BCUT2D eigenvalue weighted by Gasteiger charge is -2.28. The minimum atomic E-state index is -0.907. The minimum Gasteiger partial charge on any atom is -0.494 e. The standard InChI is InChI=1S/C25H21ClN2O4/c1-2-31-20-14-12-18(13-15-20)27-24(29)21-22(16-8-10-17(26)11-9-16)28(32-23(21)25(27)30)19-6-4-3-5-7-19/h3-15,21-23H,2H2,1H3/t21-,22-,23-/m1/s1. The predicted molar refractivity (Wildman–Crippen MR) is 122 cm³/mol. The van der Waals surface area contributed by atoms with E-state index in [1.807, 2.05) is 49.4 Å². The van der Waals surface area contributed by atoms with E-state index in [9.17, 15) is 9.59 Å². The molecular weight excluding hydrogens is 428 g/mol. The number of carbonyl (C=O) groups is 2. The number of rotatable bonds is 5. The number of imide groups is 1. The normalized spacial score (nSPS) is 22.4. The minimum absolute atomic E-state index is 0.289. The summed E-state index contributed by atoms with van der Waals surface area (Å²) in [7, 11) is 0. The van der Waals surface area contributed by atoms with Crippen molar-refractivity contribution in [2.24, 2.45) is 5.92 Å². The highest BCUT2D eigenvalue weighted by Crippen LogP contribution is 2.47. The Morgan fingerprint density at radius 2 is 1.56 bits per heavy atom. The number of benzene rings is 3. The zero-order chi connectivity index (χ0) is 22.2. The van der Waals surface area contributed by atoms with Crippen LogP contribution in [0.3, 0.4) is 0 Å². The van der Waals surface area contributed by atoms with Crippen molar-refractivity contribution in [2.75, 3.05) is 16.6 Å². The second kappa shape index (κ2) is 8.30. The summed E-state index contributed by atoms with van der Waals surface area (Å²) in [6, 6.07) is 23.2. The molecule has 5 rings (SSSR count). The van der Waals surface area contributed by atoms with Crippen molar-refractivity contribution in [3.8, 4) is 5.75 Å². The molecule has 0 radical (unpaired) electrons. The number of nitrogens with zero attached hydrogens (tertiary/aromatic N) is 2. The van der Waals surface area contributed by atoms with Crippen molar-refractivity contribution in [1.29, 1.82) is 0 Å². The number of para-hydroxylation sites is 1. The van der Waals surface area contributed by atoms with Crippen molar-refractivity contribution in [3.05, 3.63) is 89.4 Å². The maximum atomic E-state index is 13.6. The Kier molecular flexibility index (Phi) is 5.33. The molecule has 0 N–H and O–H groups in total. The van der Waals surface area contributed by atoms with Crippen LogP contribution in [0.25, 0.3) is 0 Å². The van der Waals surface area contributed by atoms with E-state index in [0.717, 1.165) is 11.3 Å². The SMILES string of the molecule is CCOc1ccc(N2C(=O)[C@@H]3[C@@H](c4ccc(Cl)cc4)N(c4ccccc4)O[C@H]3C2=O)cc1. The van der Waals surface area contributed by atoms with Gasteiger partial charge < -0.3 is 4.74 Å². The number of fused-ring (bicyclic) bond motifs is 1. The van der Waals surface area contributed by atoms with Crippen molar-refractivity contribution in [2.45, 2.75) is 19.1 Å². The van der Waals surface area contributed by atoms with E-state index in [2.05, 4.69) is 0 Å². The third-order valence-electron chi connectivity index (χ3n) is 5.74. The van der Waals surface area contributed by atoms with Crippen LogP contribution in [0.2, 0.25) is 5.02 Å². The fourth-order valence-corrected chi connectivity index (χ4v) is 4.45. The summed E-state index contributed by atoms with van der Waals surface area (Å²) in [6.07, 6.45) is -0.907.